The molecular formula is C11H19FN2O. The van der Waals surface area contributed by atoms with Crippen LogP contribution in [0.3, 0.4) is 0 Å². The highest BCUT2D eigenvalue weighted by Crippen LogP contribution is 2.28. The largest absolute Gasteiger partial charge is 0.340 e. The molecule has 0 saturated carbocycles. The van der Waals surface area contributed by atoms with Crippen molar-refractivity contribution < 1.29 is 9.18 Å². The number of hydrogen-bond acceptors (Lipinski definition) is 2. The number of hydrogen-bond donors (Lipinski definition) is 1. The number of rotatable bonds is 1. The summed E-state index contributed by atoms with van der Waals surface area (Å²) in [6.07, 6.45) is 3.54. The lowest BCUT2D eigenvalue weighted by Crippen LogP contribution is -2.45. The molecule has 1 atom stereocenters. The van der Waals surface area contributed by atoms with Gasteiger partial charge in [-0.25, -0.2) is 4.39 Å². The first-order chi connectivity index (χ1) is 7.22. The highest BCUT2D eigenvalue weighted by Gasteiger charge is 2.41. The van der Waals surface area contributed by atoms with Gasteiger partial charge in [-0.3, -0.25) is 4.79 Å². The summed E-state index contributed by atoms with van der Waals surface area (Å²) in [7, 11) is 0. The quantitative estimate of drug-likeness (QED) is 0.708. The molecule has 0 spiro atoms. The van der Waals surface area contributed by atoms with Crippen molar-refractivity contribution in [1.29, 1.82) is 0 Å². The zero-order chi connectivity index (χ0) is 10.7. The van der Waals surface area contributed by atoms with E-state index in [0.717, 1.165) is 38.9 Å². The highest BCUT2D eigenvalue weighted by molar-refractivity contribution is 5.85. The first-order valence-corrected chi connectivity index (χ1v) is 5.91. The van der Waals surface area contributed by atoms with Gasteiger partial charge in [-0.2, -0.15) is 0 Å². The zero-order valence-corrected chi connectivity index (χ0v) is 9.10. The summed E-state index contributed by atoms with van der Waals surface area (Å²) >= 11 is 0. The average Bonchev–Trinajstić information content (AvgIpc) is 2.67. The standard InChI is InChI=1S/C11H19FN2O/c12-11(4-3-6-13-7-5-11)10(15)14-8-1-2-9-14/h13H,1-9H2. The van der Waals surface area contributed by atoms with Gasteiger partial charge in [0.2, 0.25) is 0 Å². The third-order valence-corrected chi connectivity index (χ3v) is 3.40. The van der Waals surface area contributed by atoms with Gasteiger partial charge in [0, 0.05) is 19.5 Å². The fraction of sp³-hybridized carbons (Fsp3) is 0.909. The van der Waals surface area contributed by atoms with Gasteiger partial charge in [0.1, 0.15) is 0 Å². The molecule has 0 radical (unpaired) electrons. The summed E-state index contributed by atoms with van der Waals surface area (Å²) in [6, 6.07) is 0. The van der Waals surface area contributed by atoms with E-state index in [1.165, 1.54) is 0 Å². The second-order valence-electron chi connectivity index (χ2n) is 4.57. The summed E-state index contributed by atoms with van der Waals surface area (Å²) in [5, 5.41) is 3.14. The van der Waals surface area contributed by atoms with E-state index in [1.807, 2.05) is 0 Å². The first-order valence-electron chi connectivity index (χ1n) is 5.91. The van der Waals surface area contributed by atoms with Crippen LogP contribution in [0.1, 0.15) is 32.1 Å². The van der Waals surface area contributed by atoms with Gasteiger partial charge in [-0.15, -0.1) is 0 Å². The molecule has 0 aliphatic carbocycles. The molecule has 4 heteroatoms. The molecule has 2 heterocycles. The van der Waals surface area contributed by atoms with Crippen molar-refractivity contribution in [3.05, 3.63) is 0 Å². The van der Waals surface area contributed by atoms with Crippen molar-refractivity contribution in [2.24, 2.45) is 0 Å². The van der Waals surface area contributed by atoms with Gasteiger partial charge in [0.05, 0.1) is 0 Å². The number of nitrogens with zero attached hydrogens (tertiary/aromatic N) is 1. The van der Waals surface area contributed by atoms with Gasteiger partial charge in [-0.05, 0) is 38.8 Å². The van der Waals surface area contributed by atoms with Crippen LogP contribution in [0, 0.1) is 0 Å². The van der Waals surface area contributed by atoms with Gasteiger partial charge >= 0.3 is 0 Å². The number of likely N-dealkylation sites (tertiary alicyclic amines) is 1. The lowest BCUT2D eigenvalue weighted by Gasteiger charge is -2.27. The van der Waals surface area contributed by atoms with Crippen molar-refractivity contribution in [1.82, 2.24) is 10.2 Å². The number of amides is 1. The van der Waals surface area contributed by atoms with Crippen molar-refractivity contribution in [2.75, 3.05) is 26.2 Å². The normalized spacial score (nSPS) is 32.7. The lowest BCUT2D eigenvalue weighted by molar-refractivity contribution is -0.143. The van der Waals surface area contributed by atoms with Crippen LogP contribution in [0.5, 0.6) is 0 Å². The van der Waals surface area contributed by atoms with Crippen LogP contribution in [0.2, 0.25) is 0 Å². The van der Waals surface area contributed by atoms with Crippen LogP contribution in [0.4, 0.5) is 4.39 Å². The van der Waals surface area contributed by atoms with E-state index in [1.54, 1.807) is 4.90 Å². The predicted octanol–water partition coefficient (Wildman–Crippen LogP) is 1.09. The number of halogens is 1. The van der Waals surface area contributed by atoms with Gasteiger partial charge < -0.3 is 10.2 Å². The van der Waals surface area contributed by atoms with Crippen molar-refractivity contribution >= 4 is 5.91 Å². The van der Waals surface area contributed by atoms with Gasteiger partial charge in [0.25, 0.3) is 5.91 Å². The molecule has 15 heavy (non-hydrogen) atoms. The number of carbonyl (C=O) groups is 1. The molecule has 2 saturated heterocycles. The van der Waals surface area contributed by atoms with Crippen molar-refractivity contribution in [3.8, 4) is 0 Å². The van der Waals surface area contributed by atoms with Gasteiger partial charge in [-0.1, -0.05) is 0 Å². The minimum absolute atomic E-state index is 0.260. The molecule has 2 fully saturated rings. The smallest absolute Gasteiger partial charge is 0.260 e. The summed E-state index contributed by atoms with van der Waals surface area (Å²) in [5.41, 5.74) is -1.59. The van der Waals surface area contributed by atoms with Crippen molar-refractivity contribution in [3.63, 3.8) is 0 Å². The summed E-state index contributed by atoms with van der Waals surface area (Å²) < 4.78 is 14.4. The molecule has 2 rings (SSSR count). The molecule has 0 aromatic rings. The topological polar surface area (TPSA) is 32.3 Å². The number of nitrogens with one attached hydrogen (secondary N) is 1. The minimum atomic E-state index is -1.59. The van der Waals surface area contributed by atoms with E-state index >= 15 is 0 Å². The van der Waals surface area contributed by atoms with E-state index in [0.29, 0.717) is 19.4 Å². The zero-order valence-electron chi connectivity index (χ0n) is 9.10. The molecule has 3 nitrogen and oxygen atoms in total. The molecular weight excluding hydrogens is 195 g/mol. The maximum Gasteiger partial charge on any atom is 0.260 e. The van der Waals surface area contributed by atoms with Crippen molar-refractivity contribution in [2.45, 2.75) is 37.8 Å². The Hall–Kier alpha value is -0.640. The third-order valence-electron chi connectivity index (χ3n) is 3.40. The fourth-order valence-electron chi connectivity index (χ4n) is 2.45. The second-order valence-corrected chi connectivity index (χ2v) is 4.57. The molecule has 0 aromatic heterocycles. The van der Waals surface area contributed by atoms with Crippen LogP contribution in [0.15, 0.2) is 0 Å². The Labute approximate surface area is 90.0 Å². The summed E-state index contributed by atoms with van der Waals surface area (Å²) in [5.74, 6) is -0.260. The molecule has 2 aliphatic rings. The second kappa shape index (κ2) is 4.47. The molecule has 86 valence electrons. The molecule has 2 aliphatic heterocycles. The number of alkyl halides is 1. The molecule has 1 N–H and O–H groups in total. The maximum absolute atomic E-state index is 14.4. The van der Waals surface area contributed by atoms with Crippen LogP contribution in [-0.2, 0) is 4.79 Å². The van der Waals surface area contributed by atoms with E-state index < -0.39 is 5.67 Å². The molecule has 1 amide bonds. The Morgan fingerprint density at radius 2 is 1.87 bits per heavy atom. The van der Waals surface area contributed by atoms with Gasteiger partial charge in [0.15, 0.2) is 5.67 Å². The average molecular weight is 214 g/mol. The van der Waals surface area contributed by atoms with Crippen LogP contribution >= 0.6 is 0 Å². The van der Waals surface area contributed by atoms with Crippen LogP contribution in [0.25, 0.3) is 0 Å². The van der Waals surface area contributed by atoms with E-state index in [9.17, 15) is 9.18 Å². The Balaban J connectivity index is 2.01. The Bertz CT molecular complexity index is 231. The van der Waals surface area contributed by atoms with Crippen LogP contribution < -0.4 is 5.32 Å². The first kappa shape index (κ1) is 10.9. The lowest BCUT2D eigenvalue weighted by atomic mass is 9.95. The highest BCUT2D eigenvalue weighted by atomic mass is 19.1. The monoisotopic (exact) mass is 214 g/mol. The summed E-state index contributed by atoms with van der Waals surface area (Å²) in [4.78, 5) is 13.7. The number of carbonyl (C=O) groups excluding carboxylic acids is 1. The minimum Gasteiger partial charge on any atom is -0.340 e. The SMILES string of the molecule is O=C(N1CCCC1)C1(F)CCCNCC1. The third kappa shape index (κ3) is 2.30. The molecule has 1 unspecified atom stereocenters. The molecule has 0 aromatic carbocycles. The predicted molar refractivity (Wildman–Crippen MR) is 56.4 cm³/mol. The Morgan fingerprint density at radius 1 is 1.13 bits per heavy atom. The summed E-state index contributed by atoms with van der Waals surface area (Å²) in [6.45, 7) is 2.95. The fourth-order valence-corrected chi connectivity index (χ4v) is 2.45. The molecule has 0 bridgehead atoms. The van der Waals surface area contributed by atoms with E-state index in [2.05, 4.69) is 5.32 Å². The Morgan fingerprint density at radius 3 is 2.60 bits per heavy atom. The van der Waals surface area contributed by atoms with Crippen LogP contribution in [-0.4, -0.2) is 42.7 Å². The van der Waals surface area contributed by atoms with E-state index in [4.69, 9.17) is 0 Å². The van der Waals surface area contributed by atoms with E-state index in [-0.39, 0.29) is 5.91 Å². The maximum atomic E-state index is 14.4. The Kier molecular flexibility index (Phi) is 3.24.